The Morgan fingerprint density at radius 1 is 0.559 bits per heavy atom. The number of hydrogen-bond donors (Lipinski definition) is 0. The zero-order valence-electron chi connectivity index (χ0n) is 24.4. The molecule has 4 aliphatic rings. The van der Waals surface area contributed by atoms with Crippen molar-refractivity contribution < 1.29 is 13.3 Å². The summed E-state index contributed by atoms with van der Waals surface area (Å²) in [5, 5.41) is 0. The Hall–Kier alpha value is 0.531. The molecule has 4 saturated carbocycles. The maximum absolute atomic E-state index is 7.10. The Bertz CT molecular complexity index is 739. The summed E-state index contributed by atoms with van der Waals surface area (Å²) >= 11 is 0. The first-order chi connectivity index (χ1) is 15.4. The van der Waals surface area contributed by atoms with E-state index in [1.165, 1.54) is 51.4 Å². The molecular weight excluding hydrogens is 469 g/mol. The van der Waals surface area contributed by atoms with E-state index in [4.69, 9.17) is 13.3 Å². The maximum atomic E-state index is 7.10. The lowest BCUT2D eigenvalue weighted by Crippen LogP contribution is -2.60. The van der Waals surface area contributed by atoms with E-state index in [1.54, 1.807) is 0 Å². The fourth-order valence-electron chi connectivity index (χ4n) is 9.00. The maximum Gasteiger partial charge on any atom is 0.184 e. The largest absolute Gasteiger partial charge is 0.415 e. The predicted molar refractivity (Wildman–Crippen MR) is 152 cm³/mol. The number of rotatable bonds is 6. The molecule has 4 rings (SSSR count). The first-order valence-corrected chi connectivity index (χ1v) is 24.7. The smallest absolute Gasteiger partial charge is 0.184 e. The summed E-state index contributed by atoms with van der Waals surface area (Å²) in [6.07, 6.45) is 11.9. The molecule has 0 spiro atoms. The van der Waals surface area contributed by atoms with Crippen LogP contribution in [0, 0.1) is 34.5 Å². The lowest BCUT2D eigenvalue weighted by Gasteiger charge is -2.63. The SMILES string of the molecule is C[C@]12CCC3C(C[C@@H](O[Si](C)(C)C)[C@H]4C[C@H](O[Si](C)(C)C)CC[C@]34C)C1CC[C@@H]2O[Si](C)(C)C. The molecule has 0 aromatic rings. The van der Waals surface area contributed by atoms with E-state index in [0.29, 0.717) is 35.1 Å². The summed E-state index contributed by atoms with van der Waals surface area (Å²) in [5.74, 6) is 3.14. The molecule has 0 saturated heterocycles. The third kappa shape index (κ3) is 5.52. The lowest BCUT2D eigenvalue weighted by molar-refractivity contribution is -0.168. The standard InChI is InChI=1S/C28H56O3Si3/c1-27-16-14-20(29-32(3,4)5)18-24(27)25(30-33(6,7)8)19-21-22-12-13-26(31-34(9,10)11)28(22,2)17-15-23(21)27/h20-26H,12-19H2,1-11H3/t20-,21?,22?,23?,24-,25-,26+,27-,28+/m1/s1. The Balaban J connectivity index is 1.62. The van der Waals surface area contributed by atoms with Crippen molar-refractivity contribution in [1.29, 1.82) is 0 Å². The van der Waals surface area contributed by atoms with Gasteiger partial charge in [-0.05, 0) is 145 Å². The molecule has 6 heteroatoms. The second-order valence-electron chi connectivity index (χ2n) is 16.0. The van der Waals surface area contributed by atoms with Crippen molar-refractivity contribution in [3.63, 3.8) is 0 Å². The van der Waals surface area contributed by atoms with Crippen LogP contribution in [0.4, 0.5) is 0 Å². The van der Waals surface area contributed by atoms with Crippen molar-refractivity contribution in [1.82, 2.24) is 0 Å². The van der Waals surface area contributed by atoms with Crippen molar-refractivity contribution in [2.45, 2.75) is 142 Å². The van der Waals surface area contributed by atoms with Gasteiger partial charge in [0.25, 0.3) is 0 Å². The molecule has 0 aliphatic heterocycles. The minimum atomic E-state index is -1.63. The first-order valence-electron chi connectivity index (χ1n) is 14.4. The summed E-state index contributed by atoms with van der Waals surface area (Å²) in [5.41, 5.74) is 0.776. The first kappa shape index (κ1) is 27.6. The Morgan fingerprint density at radius 3 is 1.71 bits per heavy atom. The molecule has 3 nitrogen and oxygen atoms in total. The van der Waals surface area contributed by atoms with Crippen LogP contribution < -0.4 is 0 Å². The summed E-state index contributed by atoms with van der Waals surface area (Å²) in [4.78, 5) is 0. The number of fused-ring (bicyclic) bond motifs is 5. The average Bonchev–Trinajstić information content (AvgIpc) is 2.95. The van der Waals surface area contributed by atoms with Gasteiger partial charge in [0, 0.05) is 12.2 Å². The highest BCUT2D eigenvalue weighted by atomic mass is 28.4. The second-order valence-corrected chi connectivity index (χ2v) is 29.3. The molecule has 9 atom stereocenters. The zero-order valence-corrected chi connectivity index (χ0v) is 27.4. The molecule has 0 N–H and O–H groups in total. The predicted octanol–water partition coefficient (Wildman–Crippen LogP) is 8.30. The normalized spacial score (nSPS) is 45.4. The molecule has 0 bridgehead atoms. The van der Waals surface area contributed by atoms with Gasteiger partial charge in [-0.2, -0.15) is 0 Å². The van der Waals surface area contributed by atoms with Crippen LogP contribution in [0.25, 0.3) is 0 Å². The van der Waals surface area contributed by atoms with Gasteiger partial charge in [0.2, 0.25) is 0 Å². The van der Waals surface area contributed by atoms with Crippen molar-refractivity contribution in [2.75, 3.05) is 0 Å². The van der Waals surface area contributed by atoms with E-state index in [2.05, 4.69) is 72.8 Å². The molecule has 0 aromatic heterocycles. The Labute approximate surface area is 214 Å². The molecule has 0 amide bonds. The molecular formula is C28H56O3Si3. The fourth-order valence-corrected chi connectivity index (χ4v) is 12.6. The fraction of sp³-hybridized carbons (Fsp3) is 1.00. The monoisotopic (exact) mass is 524 g/mol. The molecule has 198 valence electrons. The quantitative estimate of drug-likeness (QED) is 0.327. The highest BCUT2D eigenvalue weighted by molar-refractivity contribution is 6.70. The molecule has 0 heterocycles. The molecule has 34 heavy (non-hydrogen) atoms. The second kappa shape index (κ2) is 9.07. The van der Waals surface area contributed by atoms with E-state index in [9.17, 15) is 0 Å². The molecule has 3 unspecified atom stereocenters. The van der Waals surface area contributed by atoms with E-state index in [0.717, 1.165) is 17.8 Å². The van der Waals surface area contributed by atoms with Gasteiger partial charge < -0.3 is 13.3 Å². The third-order valence-electron chi connectivity index (χ3n) is 10.0. The summed E-state index contributed by atoms with van der Waals surface area (Å²) < 4.78 is 20.7. The van der Waals surface area contributed by atoms with Crippen LogP contribution in [0.15, 0.2) is 0 Å². The van der Waals surface area contributed by atoms with Crippen LogP contribution in [-0.2, 0) is 13.3 Å². The third-order valence-corrected chi connectivity index (χ3v) is 13.1. The van der Waals surface area contributed by atoms with E-state index < -0.39 is 25.0 Å². The van der Waals surface area contributed by atoms with Gasteiger partial charge in [0.1, 0.15) is 0 Å². The van der Waals surface area contributed by atoms with Gasteiger partial charge in [-0.25, -0.2) is 0 Å². The number of hydrogen-bond acceptors (Lipinski definition) is 3. The minimum Gasteiger partial charge on any atom is -0.415 e. The molecule has 0 radical (unpaired) electrons. The van der Waals surface area contributed by atoms with Crippen LogP contribution in [0.5, 0.6) is 0 Å². The van der Waals surface area contributed by atoms with Gasteiger partial charge >= 0.3 is 0 Å². The van der Waals surface area contributed by atoms with Gasteiger partial charge in [-0.3, -0.25) is 0 Å². The summed E-state index contributed by atoms with van der Waals surface area (Å²) in [6.45, 7) is 26.7. The summed E-state index contributed by atoms with van der Waals surface area (Å²) in [6, 6.07) is 0. The Kier molecular flexibility index (Phi) is 7.36. The van der Waals surface area contributed by atoms with Gasteiger partial charge in [-0.15, -0.1) is 0 Å². The van der Waals surface area contributed by atoms with Gasteiger partial charge in [-0.1, -0.05) is 13.8 Å². The Morgan fingerprint density at radius 2 is 1.12 bits per heavy atom. The molecule has 4 fully saturated rings. The van der Waals surface area contributed by atoms with Crippen LogP contribution >= 0.6 is 0 Å². The van der Waals surface area contributed by atoms with Crippen molar-refractivity contribution in [3.05, 3.63) is 0 Å². The van der Waals surface area contributed by atoms with Crippen molar-refractivity contribution >= 4 is 25.0 Å². The topological polar surface area (TPSA) is 27.7 Å². The lowest BCUT2D eigenvalue weighted by atomic mass is 9.44. The highest BCUT2D eigenvalue weighted by Gasteiger charge is 2.63. The summed E-state index contributed by atoms with van der Waals surface area (Å²) in [7, 11) is -4.69. The van der Waals surface area contributed by atoms with E-state index in [-0.39, 0.29) is 0 Å². The van der Waals surface area contributed by atoms with Gasteiger partial charge in [0.05, 0.1) is 6.10 Å². The molecule has 0 aromatic carbocycles. The van der Waals surface area contributed by atoms with Crippen LogP contribution in [0.3, 0.4) is 0 Å². The van der Waals surface area contributed by atoms with Crippen LogP contribution in [0.1, 0.15) is 65.2 Å². The average molecular weight is 525 g/mol. The van der Waals surface area contributed by atoms with Crippen molar-refractivity contribution in [3.8, 4) is 0 Å². The van der Waals surface area contributed by atoms with E-state index in [1.807, 2.05) is 0 Å². The van der Waals surface area contributed by atoms with Crippen molar-refractivity contribution in [2.24, 2.45) is 34.5 Å². The molecule has 4 aliphatic carbocycles. The zero-order chi connectivity index (χ0) is 25.3. The highest BCUT2D eigenvalue weighted by Crippen LogP contribution is 2.67. The van der Waals surface area contributed by atoms with E-state index >= 15 is 0 Å². The van der Waals surface area contributed by atoms with Crippen LogP contribution in [0.2, 0.25) is 58.9 Å². The van der Waals surface area contributed by atoms with Crippen LogP contribution in [-0.4, -0.2) is 43.3 Å². The van der Waals surface area contributed by atoms with Gasteiger partial charge in [0.15, 0.2) is 25.0 Å². The minimum absolute atomic E-state index is 0.368.